The van der Waals surface area contributed by atoms with Crippen LogP contribution in [0.5, 0.6) is 0 Å². The summed E-state index contributed by atoms with van der Waals surface area (Å²) < 4.78 is 2.45. The molecule has 1 aromatic heterocycles. The fourth-order valence-electron chi connectivity index (χ4n) is 3.99. The Morgan fingerprint density at radius 3 is 2.48 bits per heavy atom. The molecule has 0 saturated heterocycles. The molecule has 0 radical (unpaired) electrons. The topological polar surface area (TPSA) is 55.2 Å². The largest absolute Gasteiger partial charge is 0.308 e. The van der Waals surface area contributed by atoms with Gasteiger partial charge in [-0.15, -0.1) is 0 Å². The van der Waals surface area contributed by atoms with Crippen molar-refractivity contribution in [2.45, 2.75) is 6.92 Å². The van der Waals surface area contributed by atoms with E-state index in [1.54, 1.807) is 21.6 Å². The number of hydrogen-bond donors (Lipinski definition) is 0. The molecule has 5 nitrogen and oxygen atoms in total. The summed E-state index contributed by atoms with van der Waals surface area (Å²) >= 11 is 3.51. The molecule has 0 aliphatic carbocycles. The number of amides is 1. The number of halogens is 1. The Labute approximate surface area is 187 Å². The van der Waals surface area contributed by atoms with Gasteiger partial charge in [-0.3, -0.25) is 14.2 Å². The minimum absolute atomic E-state index is 0.0994. The number of rotatable bonds is 3. The van der Waals surface area contributed by atoms with Crippen LogP contribution in [0.25, 0.3) is 28.2 Å². The molecular formula is C25H18BrN3O2. The highest BCUT2D eigenvalue weighted by Crippen LogP contribution is 2.39. The summed E-state index contributed by atoms with van der Waals surface area (Å²) in [5, 5.41) is 0.532. The first kappa shape index (κ1) is 19.5. The average molecular weight is 472 g/mol. The summed E-state index contributed by atoms with van der Waals surface area (Å²) in [6, 6.07) is 22.4. The van der Waals surface area contributed by atoms with Crippen LogP contribution in [0.2, 0.25) is 0 Å². The van der Waals surface area contributed by atoms with Gasteiger partial charge in [-0.05, 0) is 55.5 Å². The van der Waals surface area contributed by atoms with E-state index < -0.39 is 0 Å². The van der Waals surface area contributed by atoms with Crippen molar-refractivity contribution in [1.29, 1.82) is 0 Å². The van der Waals surface area contributed by atoms with E-state index in [-0.39, 0.29) is 11.5 Å². The van der Waals surface area contributed by atoms with Gasteiger partial charge in [-0.2, -0.15) is 0 Å². The van der Waals surface area contributed by atoms with Crippen molar-refractivity contribution in [3.05, 3.63) is 99.0 Å². The number of hydrogen-bond acceptors (Lipinski definition) is 3. The molecule has 0 bridgehead atoms. The summed E-state index contributed by atoms with van der Waals surface area (Å²) in [6.45, 7) is 2.50. The van der Waals surface area contributed by atoms with E-state index in [0.29, 0.717) is 34.5 Å². The number of nitrogens with zero attached hydrogens (tertiary/aromatic N) is 3. The number of fused-ring (bicyclic) bond motifs is 2. The van der Waals surface area contributed by atoms with Gasteiger partial charge in [0.15, 0.2) is 0 Å². The van der Waals surface area contributed by atoms with Crippen molar-refractivity contribution in [3.63, 3.8) is 0 Å². The van der Waals surface area contributed by atoms with E-state index in [9.17, 15) is 9.59 Å². The van der Waals surface area contributed by atoms with Crippen LogP contribution in [-0.2, 0) is 4.79 Å². The van der Waals surface area contributed by atoms with Gasteiger partial charge < -0.3 is 4.90 Å². The van der Waals surface area contributed by atoms with Crippen molar-refractivity contribution in [1.82, 2.24) is 9.55 Å². The van der Waals surface area contributed by atoms with Crippen molar-refractivity contribution in [2.24, 2.45) is 0 Å². The second-order valence-corrected chi connectivity index (χ2v) is 8.15. The van der Waals surface area contributed by atoms with Gasteiger partial charge in [-0.1, -0.05) is 46.3 Å². The van der Waals surface area contributed by atoms with E-state index >= 15 is 0 Å². The van der Waals surface area contributed by atoms with Crippen molar-refractivity contribution in [3.8, 4) is 5.69 Å². The molecular weight excluding hydrogens is 454 g/mol. The molecule has 4 aromatic rings. The predicted molar refractivity (Wildman–Crippen MR) is 127 cm³/mol. The number of carbonyl (C=O) groups is 1. The molecule has 6 heteroatoms. The molecule has 1 amide bonds. The molecule has 0 saturated carbocycles. The third kappa shape index (κ3) is 3.20. The lowest BCUT2D eigenvalue weighted by atomic mass is 10.1. The minimum Gasteiger partial charge on any atom is -0.308 e. The summed E-state index contributed by atoms with van der Waals surface area (Å²) in [5.74, 6) is 0.319. The first-order chi connectivity index (χ1) is 15.1. The maximum atomic E-state index is 13.4. The van der Waals surface area contributed by atoms with Crippen molar-refractivity contribution in [2.75, 3.05) is 11.4 Å². The Hall–Kier alpha value is -3.51. The van der Waals surface area contributed by atoms with E-state index in [1.165, 1.54) is 0 Å². The minimum atomic E-state index is -0.170. The van der Waals surface area contributed by atoms with Crippen LogP contribution in [0.15, 0.2) is 82.1 Å². The van der Waals surface area contributed by atoms with Gasteiger partial charge in [0.05, 0.1) is 27.9 Å². The molecule has 1 aliphatic rings. The van der Waals surface area contributed by atoms with Gasteiger partial charge in [-0.25, -0.2) is 4.98 Å². The van der Waals surface area contributed by atoms with Crippen LogP contribution >= 0.6 is 15.9 Å². The zero-order valence-electron chi connectivity index (χ0n) is 16.7. The number of aromatic nitrogens is 2. The van der Waals surface area contributed by atoms with Gasteiger partial charge in [0.2, 0.25) is 0 Å². The van der Waals surface area contributed by atoms with Crippen molar-refractivity contribution >= 4 is 50.1 Å². The molecule has 3 aromatic carbocycles. The first-order valence-electron chi connectivity index (χ1n) is 9.99. The monoisotopic (exact) mass is 471 g/mol. The molecule has 0 spiro atoms. The Kier molecular flexibility index (Phi) is 4.79. The Morgan fingerprint density at radius 2 is 1.71 bits per heavy atom. The highest BCUT2D eigenvalue weighted by Gasteiger charge is 2.32. The van der Waals surface area contributed by atoms with E-state index in [0.717, 1.165) is 15.7 Å². The zero-order chi connectivity index (χ0) is 21.5. The second kappa shape index (κ2) is 7.63. The second-order valence-electron chi connectivity index (χ2n) is 7.23. The number of carbonyl (C=O) groups excluding carboxylic acids is 1. The maximum absolute atomic E-state index is 13.4. The van der Waals surface area contributed by atoms with E-state index in [1.807, 2.05) is 73.7 Å². The van der Waals surface area contributed by atoms with E-state index in [4.69, 9.17) is 4.98 Å². The predicted octanol–water partition coefficient (Wildman–Crippen LogP) is 5.06. The molecule has 0 atom stereocenters. The number of likely N-dealkylation sites (N-methyl/N-ethyl adjacent to an activating group) is 1. The number of benzene rings is 3. The summed E-state index contributed by atoms with van der Waals surface area (Å²) in [6.07, 6.45) is 1.73. The molecule has 31 heavy (non-hydrogen) atoms. The standard InChI is InChI=1S/C25H18BrN3O2/c1-2-28-22-13-12-16(26)14-19(22)20(24(28)30)15-23-27-21-11-7-6-10-18(21)25(31)29(23)17-8-4-3-5-9-17/h3-15H,2H2,1H3. The van der Waals surface area contributed by atoms with Crippen LogP contribution in [0, 0.1) is 0 Å². The fourth-order valence-corrected chi connectivity index (χ4v) is 4.35. The lowest BCUT2D eigenvalue weighted by molar-refractivity contribution is -0.112. The third-order valence-electron chi connectivity index (χ3n) is 5.42. The first-order valence-corrected chi connectivity index (χ1v) is 10.8. The molecule has 0 N–H and O–H groups in total. The lowest BCUT2D eigenvalue weighted by Gasteiger charge is -2.14. The molecule has 0 fully saturated rings. The lowest BCUT2D eigenvalue weighted by Crippen LogP contribution is -2.26. The summed E-state index contributed by atoms with van der Waals surface area (Å²) in [7, 11) is 0. The van der Waals surface area contributed by atoms with Gasteiger partial charge in [0, 0.05) is 16.6 Å². The molecule has 1 aliphatic heterocycles. The Morgan fingerprint density at radius 1 is 0.968 bits per heavy atom. The quantitative estimate of drug-likeness (QED) is 0.392. The number of para-hydroxylation sites is 2. The van der Waals surface area contributed by atoms with Crippen molar-refractivity contribution < 1.29 is 4.79 Å². The van der Waals surface area contributed by atoms with Crippen LogP contribution in [0.1, 0.15) is 18.3 Å². The smallest absolute Gasteiger partial charge is 0.266 e. The van der Waals surface area contributed by atoms with Crippen LogP contribution in [0.3, 0.4) is 0 Å². The fraction of sp³-hybridized carbons (Fsp3) is 0.0800. The highest BCUT2D eigenvalue weighted by atomic mass is 79.9. The Bertz CT molecular complexity index is 1420. The van der Waals surface area contributed by atoms with Crippen LogP contribution in [0.4, 0.5) is 5.69 Å². The summed E-state index contributed by atoms with van der Waals surface area (Å²) in [5.41, 5.74) is 3.32. The summed E-state index contributed by atoms with van der Waals surface area (Å²) in [4.78, 5) is 33.1. The van der Waals surface area contributed by atoms with Gasteiger partial charge in [0.25, 0.3) is 11.5 Å². The normalized spacial score (nSPS) is 14.5. The highest BCUT2D eigenvalue weighted by molar-refractivity contribution is 9.10. The Balaban J connectivity index is 1.82. The average Bonchev–Trinajstić information content (AvgIpc) is 3.04. The van der Waals surface area contributed by atoms with E-state index in [2.05, 4.69) is 15.9 Å². The SMILES string of the molecule is CCN1C(=O)C(=Cc2nc3ccccc3c(=O)n2-c2ccccc2)c2cc(Br)ccc21. The maximum Gasteiger partial charge on any atom is 0.266 e. The van der Waals surface area contributed by atoms with Gasteiger partial charge >= 0.3 is 0 Å². The molecule has 152 valence electrons. The molecule has 2 heterocycles. The zero-order valence-corrected chi connectivity index (χ0v) is 18.3. The number of anilines is 1. The molecule has 5 rings (SSSR count). The van der Waals surface area contributed by atoms with Gasteiger partial charge in [0.1, 0.15) is 5.82 Å². The molecule has 0 unspecified atom stereocenters. The third-order valence-corrected chi connectivity index (χ3v) is 5.91. The van der Waals surface area contributed by atoms with Crippen LogP contribution in [-0.4, -0.2) is 22.0 Å². The van der Waals surface area contributed by atoms with Crippen LogP contribution < -0.4 is 10.5 Å².